The molecule has 6 heteroatoms. The predicted molar refractivity (Wildman–Crippen MR) is 71.8 cm³/mol. The Balaban J connectivity index is 2.16. The smallest absolute Gasteiger partial charge is 0.237 e. The summed E-state index contributed by atoms with van der Waals surface area (Å²) in [5.74, 6) is 1.17. The lowest BCUT2D eigenvalue weighted by atomic mass is 10.2. The Morgan fingerprint density at radius 1 is 1.21 bits per heavy atom. The lowest BCUT2D eigenvalue weighted by Gasteiger charge is -2.08. The quantitative estimate of drug-likeness (QED) is 0.889. The first-order chi connectivity index (χ1) is 8.97. The molecule has 104 valence electrons. The molecular formula is C13H21N5O. The molecule has 0 atom stereocenters. The van der Waals surface area contributed by atoms with Crippen molar-refractivity contribution in [1.29, 1.82) is 0 Å². The molecular weight excluding hydrogens is 242 g/mol. The molecule has 2 heterocycles. The minimum atomic E-state index is 0.459. The van der Waals surface area contributed by atoms with Gasteiger partial charge in [0.1, 0.15) is 6.54 Å². The van der Waals surface area contributed by atoms with E-state index in [1.165, 1.54) is 5.56 Å². The van der Waals surface area contributed by atoms with Crippen LogP contribution in [0.15, 0.2) is 4.42 Å². The van der Waals surface area contributed by atoms with E-state index >= 15 is 0 Å². The van der Waals surface area contributed by atoms with Crippen LogP contribution in [0.1, 0.15) is 42.6 Å². The summed E-state index contributed by atoms with van der Waals surface area (Å²) in [5, 5.41) is 15.8. The van der Waals surface area contributed by atoms with Crippen molar-refractivity contribution in [2.24, 2.45) is 0 Å². The van der Waals surface area contributed by atoms with Gasteiger partial charge in [-0.25, -0.2) is 0 Å². The van der Waals surface area contributed by atoms with Crippen molar-refractivity contribution >= 4 is 0 Å². The van der Waals surface area contributed by atoms with Gasteiger partial charge in [0.15, 0.2) is 0 Å². The van der Waals surface area contributed by atoms with Crippen LogP contribution in [0, 0.1) is 20.8 Å². The highest BCUT2D eigenvalue weighted by molar-refractivity contribution is 5.24. The second-order valence-electron chi connectivity index (χ2n) is 5.06. The van der Waals surface area contributed by atoms with Gasteiger partial charge in [0.25, 0.3) is 0 Å². The van der Waals surface area contributed by atoms with Crippen LogP contribution >= 0.6 is 0 Å². The Kier molecular flexibility index (Phi) is 3.99. The molecule has 0 aromatic carbocycles. The molecule has 0 saturated carbocycles. The Morgan fingerprint density at radius 3 is 2.53 bits per heavy atom. The Labute approximate surface area is 113 Å². The molecule has 0 bridgehead atoms. The van der Waals surface area contributed by atoms with Crippen molar-refractivity contribution in [3.8, 4) is 0 Å². The lowest BCUT2D eigenvalue weighted by molar-refractivity contribution is 0.441. The molecule has 1 N–H and O–H groups in total. The zero-order chi connectivity index (χ0) is 14.0. The minimum absolute atomic E-state index is 0.459. The van der Waals surface area contributed by atoms with Crippen LogP contribution in [0.3, 0.4) is 0 Å². The van der Waals surface area contributed by atoms with Crippen LogP contribution in [-0.2, 0) is 13.1 Å². The Hall–Kier alpha value is -1.69. The summed E-state index contributed by atoms with van der Waals surface area (Å²) in [6, 6.07) is 0.459. The first kappa shape index (κ1) is 13.7. The molecule has 2 aromatic rings. The lowest BCUT2D eigenvalue weighted by Crippen LogP contribution is -2.22. The third-order valence-electron chi connectivity index (χ3n) is 3.07. The third kappa shape index (κ3) is 3.20. The van der Waals surface area contributed by atoms with Crippen molar-refractivity contribution in [1.82, 2.24) is 25.3 Å². The fraction of sp³-hybridized carbons (Fsp3) is 0.615. The highest BCUT2D eigenvalue weighted by Crippen LogP contribution is 2.14. The summed E-state index contributed by atoms with van der Waals surface area (Å²) in [6.07, 6.45) is 0. The van der Waals surface area contributed by atoms with E-state index < -0.39 is 0 Å². The van der Waals surface area contributed by atoms with E-state index in [0.717, 1.165) is 17.9 Å². The van der Waals surface area contributed by atoms with Gasteiger partial charge in [-0.3, -0.25) is 4.68 Å². The molecule has 0 spiro atoms. The maximum absolute atomic E-state index is 5.39. The van der Waals surface area contributed by atoms with E-state index in [9.17, 15) is 0 Å². The van der Waals surface area contributed by atoms with Gasteiger partial charge < -0.3 is 9.73 Å². The Bertz CT molecular complexity index is 555. The van der Waals surface area contributed by atoms with E-state index in [2.05, 4.69) is 41.4 Å². The van der Waals surface area contributed by atoms with Crippen molar-refractivity contribution in [2.45, 2.75) is 53.8 Å². The highest BCUT2D eigenvalue weighted by atomic mass is 16.4. The van der Waals surface area contributed by atoms with E-state index in [1.54, 1.807) is 6.92 Å². The van der Waals surface area contributed by atoms with Crippen LogP contribution < -0.4 is 5.32 Å². The maximum Gasteiger partial charge on any atom is 0.237 e. The fourth-order valence-corrected chi connectivity index (χ4v) is 1.98. The molecule has 2 rings (SSSR count). The van der Waals surface area contributed by atoms with Gasteiger partial charge in [0.2, 0.25) is 11.8 Å². The van der Waals surface area contributed by atoms with Gasteiger partial charge in [0, 0.05) is 30.8 Å². The van der Waals surface area contributed by atoms with Gasteiger partial charge in [-0.05, 0) is 13.8 Å². The molecule has 6 nitrogen and oxygen atoms in total. The number of nitrogens with one attached hydrogen (secondary N) is 1. The normalized spacial score (nSPS) is 11.5. The summed E-state index contributed by atoms with van der Waals surface area (Å²) < 4.78 is 7.31. The van der Waals surface area contributed by atoms with E-state index in [4.69, 9.17) is 4.42 Å². The molecule has 0 radical (unpaired) electrons. The molecule has 0 amide bonds. The van der Waals surface area contributed by atoms with Crippen LogP contribution in [0.2, 0.25) is 0 Å². The summed E-state index contributed by atoms with van der Waals surface area (Å²) in [6.45, 7) is 11.5. The number of aryl methyl sites for hydroxylation is 2. The number of aromatic nitrogens is 4. The van der Waals surface area contributed by atoms with Gasteiger partial charge in [-0.15, -0.1) is 10.2 Å². The topological polar surface area (TPSA) is 68.8 Å². The van der Waals surface area contributed by atoms with Gasteiger partial charge in [0.05, 0.1) is 5.69 Å². The second kappa shape index (κ2) is 5.52. The number of nitrogens with zero attached hydrogens (tertiary/aromatic N) is 4. The number of hydrogen-bond donors (Lipinski definition) is 1. The van der Waals surface area contributed by atoms with Gasteiger partial charge in [-0.2, -0.15) is 5.10 Å². The standard InChI is InChI=1S/C13H21N5O/c1-8(2)14-6-12-9(3)17-18(10(12)4)7-13-16-15-11(5)19-13/h8,14H,6-7H2,1-5H3. The van der Waals surface area contributed by atoms with Crippen molar-refractivity contribution in [3.63, 3.8) is 0 Å². The number of hydrogen-bond acceptors (Lipinski definition) is 5. The molecule has 0 aliphatic carbocycles. The fourth-order valence-electron chi connectivity index (χ4n) is 1.98. The molecule has 2 aromatic heterocycles. The average Bonchev–Trinajstić information content (AvgIpc) is 2.83. The first-order valence-electron chi connectivity index (χ1n) is 6.52. The predicted octanol–water partition coefficient (Wildman–Crippen LogP) is 1.74. The number of rotatable bonds is 5. The average molecular weight is 263 g/mol. The molecule has 0 saturated heterocycles. The van der Waals surface area contributed by atoms with E-state index in [-0.39, 0.29) is 0 Å². The summed E-state index contributed by atoms with van der Waals surface area (Å²) in [5.41, 5.74) is 3.42. The molecule has 0 aliphatic heterocycles. The van der Waals surface area contributed by atoms with Crippen LogP contribution in [0.25, 0.3) is 0 Å². The zero-order valence-corrected chi connectivity index (χ0v) is 12.2. The zero-order valence-electron chi connectivity index (χ0n) is 12.2. The maximum atomic E-state index is 5.39. The summed E-state index contributed by atoms with van der Waals surface area (Å²) in [4.78, 5) is 0. The second-order valence-corrected chi connectivity index (χ2v) is 5.06. The van der Waals surface area contributed by atoms with E-state index in [0.29, 0.717) is 24.4 Å². The molecule has 19 heavy (non-hydrogen) atoms. The summed E-state index contributed by atoms with van der Waals surface area (Å²) in [7, 11) is 0. The molecule has 0 fully saturated rings. The molecule has 0 unspecified atom stereocenters. The van der Waals surface area contributed by atoms with Crippen LogP contribution in [0.4, 0.5) is 0 Å². The highest BCUT2D eigenvalue weighted by Gasteiger charge is 2.13. The van der Waals surface area contributed by atoms with Gasteiger partial charge in [-0.1, -0.05) is 13.8 Å². The van der Waals surface area contributed by atoms with Gasteiger partial charge >= 0.3 is 0 Å². The third-order valence-corrected chi connectivity index (χ3v) is 3.07. The van der Waals surface area contributed by atoms with Crippen LogP contribution in [-0.4, -0.2) is 26.0 Å². The monoisotopic (exact) mass is 263 g/mol. The Morgan fingerprint density at radius 2 is 1.95 bits per heavy atom. The summed E-state index contributed by atoms with van der Waals surface area (Å²) >= 11 is 0. The van der Waals surface area contributed by atoms with Crippen LogP contribution in [0.5, 0.6) is 0 Å². The largest absolute Gasteiger partial charge is 0.424 e. The van der Waals surface area contributed by atoms with Crippen molar-refractivity contribution < 1.29 is 4.42 Å². The van der Waals surface area contributed by atoms with E-state index in [1.807, 2.05) is 11.6 Å². The van der Waals surface area contributed by atoms with Crippen molar-refractivity contribution in [2.75, 3.05) is 0 Å². The van der Waals surface area contributed by atoms with Crippen molar-refractivity contribution in [3.05, 3.63) is 28.7 Å². The first-order valence-corrected chi connectivity index (χ1v) is 6.52. The SMILES string of the molecule is Cc1nnc(Cn2nc(C)c(CNC(C)C)c2C)o1. The minimum Gasteiger partial charge on any atom is -0.424 e. The molecule has 0 aliphatic rings.